The highest BCUT2D eigenvalue weighted by Gasteiger charge is 2.37. The van der Waals surface area contributed by atoms with Gasteiger partial charge in [0.05, 0.1) is 0 Å². The summed E-state index contributed by atoms with van der Waals surface area (Å²) >= 11 is 0. The van der Waals surface area contributed by atoms with Crippen LogP contribution in [0, 0.1) is 5.92 Å². The van der Waals surface area contributed by atoms with E-state index < -0.39 is 34.5 Å². The molecule has 0 spiro atoms. The van der Waals surface area contributed by atoms with E-state index >= 15 is 0 Å². The molecule has 19 heavy (non-hydrogen) atoms. The molecule has 1 aliphatic rings. The van der Waals surface area contributed by atoms with E-state index in [1.54, 1.807) is 0 Å². The molecule has 1 fully saturated rings. The number of carbonyl (C=O) groups excluding carboxylic acids is 1. The van der Waals surface area contributed by atoms with Gasteiger partial charge in [-0.3, -0.25) is 4.79 Å². The first-order chi connectivity index (χ1) is 8.82. The van der Waals surface area contributed by atoms with Crippen LogP contribution in [0.2, 0.25) is 0 Å². The summed E-state index contributed by atoms with van der Waals surface area (Å²) in [6.07, 6.45) is 1.29. The van der Waals surface area contributed by atoms with Crippen molar-refractivity contribution >= 4 is 22.4 Å². The average Bonchev–Trinajstić information content (AvgIpc) is 2.74. The fraction of sp³-hybridized carbons (Fsp3) is 0.818. The monoisotopic (exact) mass is 290 g/mol. The minimum Gasteiger partial charge on any atom is -0.480 e. The maximum atomic E-state index is 12.2. The minimum atomic E-state index is -2.67. The molecule has 0 radical (unpaired) electrons. The van der Waals surface area contributed by atoms with Crippen molar-refractivity contribution < 1.29 is 23.1 Å². The van der Waals surface area contributed by atoms with E-state index in [9.17, 15) is 18.0 Å². The van der Waals surface area contributed by atoms with E-state index in [2.05, 4.69) is 4.36 Å². The molecule has 7 nitrogen and oxygen atoms in total. The van der Waals surface area contributed by atoms with Crippen LogP contribution in [0.4, 0.5) is 0 Å². The number of carbonyl (C=O) groups is 2. The van der Waals surface area contributed by atoms with E-state index in [0.29, 0.717) is 19.4 Å². The molecule has 2 atom stereocenters. The summed E-state index contributed by atoms with van der Waals surface area (Å²) in [5.74, 6) is -1.48. The van der Waals surface area contributed by atoms with E-state index in [4.69, 9.17) is 5.11 Å². The van der Waals surface area contributed by atoms with Gasteiger partial charge < -0.3 is 10.0 Å². The van der Waals surface area contributed by atoms with Crippen molar-refractivity contribution in [2.75, 3.05) is 6.54 Å². The van der Waals surface area contributed by atoms with E-state index in [-0.39, 0.29) is 12.3 Å². The third-order valence-corrected chi connectivity index (χ3v) is 3.44. The number of carboxylic acids is 1. The highest BCUT2D eigenvalue weighted by atomic mass is 32.2. The predicted molar refractivity (Wildman–Crippen MR) is 67.0 cm³/mol. The fourth-order valence-corrected chi connectivity index (χ4v) is 2.60. The van der Waals surface area contributed by atoms with Gasteiger partial charge in [-0.15, -0.1) is 0 Å². The predicted octanol–water partition coefficient (Wildman–Crippen LogP) is 0.539. The molecule has 0 aromatic heterocycles. The zero-order chi connectivity index (χ0) is 14.6. The smallest absolute Gasteiger partial charge is 0.326 e. The molecule has 0 aromatic rings. The molecule has 1 saturated heterocycles. The quantitative estimate of drug-likeness (QED) is 0.795. The Morgan fingerprint density at radius 1 is 1.42 bits per heavy atom. The Balaban J connectivity index is 2.92. The van der Waals surface area contributed by atoms with Crippen LogP contribution in [-0.2, 0) is 20.1 Å². The van der Waals surface area contributed by atoms with Crippen LogP contribution in [0.15, 0.2) is 4.36 Å². The molecule has 1 amide bonds. The van der Waals surface area contributed by atoms with Crippen molar-refractivity contribution in [1.29, 1.82) is 0 Å². The lowest BCUT2D eigenvalue weighted by Gasteiger charge is -2.24. The van der Waals surface area contributed by atoms with Gasteiger partial charge in [-0.1, -0.05) is 13.8 Å². The van der Waals surface area contributed by atoms with Crippen molar-refractivity contribution in [3.05, 3.63) is 0 Å². The summed E-state index contributed by atoms with van der Waals surface area (Å²) in [6.45, 7) is 4.04. The van der Waals surface area contributed by atoms with Crippen LogP contribution in [0.1, 0.15) is 33.1 Å². The highest BCUT2D eigenvalue weighted by Crippen LogP contribution is 2.21. The maximum absolute atomic E-state index is 12.2. The number of hydrogen-bond acceptors (Lipinski definition) is 5. The lowest BCUT2D eigenvalue weighted by molar-refractivity contribution is -0.148. The van der Waals surface area contributed by atoms with Gasteiger partial charge in [0.25, 0.3) is 0 Å². The topological polar surface area (TPSA) is 104 Å². The largest absolute Gasteiger partial charge is 0.480 e. The van der Waals surface area contributed by atoms with Crippen LogP contribution < -0.4 is 0 Å². The summed E-state index contributed by atoms with van der Waals surface area (Å²) in [7, 11) is -2.67. The van der Waals surface area contributed by atoms with Crippen molar-refractivity contribution in [2.45, 2.75) is 45.2 Å². The molecule has 0 bridgehead atoms. The molecule has 108 valence electrons. The molecule has 1 rings (SSSR count). The first-order valence-electron chi connectivity index (χ1n) is 6.16. The summed E-state index contributed by atoms with van der Waals surface area (Å²) < 4.78 is 24.7. The summed E-state index contributed by atoms with van der Waals surface area (Å²) in [4.78, 5) is 24.5. The van der Waals surface area contributed by atoms with Gasteiger partial charge in [-0.2, -0.15) is 12.8 Å². The Labute approximate surface area is 113 Å². The number of amides is 1. The Morgan fingerprint density at radius 2 is 2.05 bits per heavy atom. The van der Waals surface area contributed by atoms with Gasteiger partial charge in [0.15, 0.2) is 0 Å². The third-order valence-electron chi connectivity index (χ3n) is 3.01. The number of aliphatic carboxylic acids is 1. The SMILES string of the molecule is CC(C)CC(N=S(=O)=O)C(=O)N1CCC[C@H]1C(=O)O. The summed E-state index contributed by atoms with van der Waals surface area (Å²) in [5.41, 5.74) is 0. The lowest BCUT2D eigenvalue weighted by atomic mass is 10.0. The highest BCUT2D eigenvalue weighted by molar-refractivity contribution is 7.61. The molecule has 0 aromatic carbocycles. The molecule has 1 aliphatic heterocycles. The number of likely N-dealkylation sites (tertiary alicyclic amines) is 1. The van der Waals surface area contributed by atoms with Crippen LogP contribution >= 0.6 is 0 Å². The molecule has 1 heterocycles. The zero-order valence-corrected chi connectivity index (χ0v) is 11.8. The molecule has 8 heteroatoms. The molecule has 0 saturated carbocycles. The Bertz CT molecular complexity index is 477. The van der Waals surface area contributed by atoms with Gasteiger partial charge in [0, 0.05) is 6.54 Å². The van der Waals surface area contributed by atoms with Crippen molar-refractivity contribution in [2.24, 2.45) is 10.3 Å². The molecular formula is C11H18N2O5S. The van der Waals surface area contributed by atoms with Gasteiger partial charge in [0.1, 0.15) is 12.1 Å². The van der Waals surface area contributed by atoms with Crippen molar-refractivity contribution in [3.63, 3.8) is 0 Å². The van der Waals surface area contributed by atoms with Crippen molar-refractivity contribution in [1.82, 2.24) is 4.90 Å². The lowest BCUT2D eigenvalue weighted by Crippen LogP contribution is -2.45. The normalized spacial score (nSPS) is 20.4. The molecular weight excluding hydrogens is 272 g/mol. The standard InChI is InChI=1S/C11H18N2O5S/c1-7(2)6-8(12-19(17)18)10(14)13-5-3-4-9(13)11(15)16/h7-9H,3-6H2,1-2H3,(H,15,16)/t8?,9-/m0/s1. The Kier molecular flexibility index (Phi) is 5.46. The van der Waals surface area contributed by atoms with Crippen molar-refractivity contribution in [3.8, 4) is 0 Å². The zero-order valence-electron chi connectivity index (χ0n) is 10.9. The third kappa shape index (κ3) is 4.30. The fourth-order valence-electron chi connectivity index (χ4n) is 2.22. The number of carboxylic acid groups (broad SMARTS) is 1. The number of hydrogen-bond donors (Lipinski definition) is 1. The Morgan fingerprint density at radius 3 is 2.53 bits per heavy atom. The van der Waals surface area contributed by atoms with E-state index in [1.807, 2.05) is 13.8 Å². The van der Waals surface area contributed by atoms with Gasteiger partial charge in [-0.05, 0) is 25.2 Å². The molecule has 1 N–H and O–H groups in total. The van der Waals surface area contributed by atoms with Gasteiger partial charge in [0.2, 0.25) is 5.91 Å². The van der Waals surface area contributed by atoms with E-state index in [1.165, 1.54) is 4.90 Å². The first-order valence-corrected chi connectivity index (χ1v) is 7.19. The second-order valence-electron chi connectivity index (χ2n) is 5.00. The van der Waals surface area contributed by atoms with Crippen LogP contribution in [0.5, 0.6) is 0 Å². The number of rotatable bonds is 5. The molecule has 1 unspecified atom stereocenters. The Hall–Kier alpha value is -1.44. The minimum absolute atomic E-state index is 0.0899. The van der Waals surface area contributed by atoms with Crippen LogP contribution in [0.3, 0.4) is 0 Å². The van der Waals surface area contributed by atoms with Gasteiger partial charge >= 0.3 is 16.5 Å². The van der Waals surface area contributed by atoms with Gasteiger partial charge in [-0.25, -0.2) is 4.79 Å². The first kappa shape index (κ1) is 15.6. The maximum Gasteiger partial charge on any atom is 0.326 e. The second kappa shape index (κ2) is 6.65. The molecule has 0 aliphatic carbocycles. The van der Waals surface area contributed by atoms with E-state index in [0.717, 1.165) is 0 Å². The summed E-state index contributed by atoms with van der Waals surface area (Å²) in [6, 6.07) is -1.88. The summed E-state index contributed by atoms with van der Waals surface area (Å²) in [5, 5.41) is 9.03. The number of nitrogens with zero attached hydrogens (tertiary/aromatic N) is 2. The average molecular weight is 290 g/mol. The van der Waals surface area contributed by atoms with Crippen LogP contribution in [-0.4, -0.2) is 48.9 Å². The van der Waals surface area contributed by atoms with Crippen LogP contribution in [0.25, 0.3) is 0 Å². The second-order valence-corrected chi connectivity index (χ2v) is 5.64.